The molecule has 0 N–H and O–H groups in total. The maximum absolute atomic E-state index is 14.5. The highest BCUT2D eigenvalue weighted by molar-refractivity contribution is 6.33. The van der Waals surface area contributed by atoms with Crippen LogP contribution in [0.15, 0.2) is 92.0 Å². The first-order chi connectivity index (χ1) is 24.0. The van der Waals surface area contributed by atoms with Crippen LogP contribution in [-0.4, -0.2) is 4.57 Å². The van der Waals surface area contributed by atoms with Crippen molar-refractivity contribution < 1.29 is 0 Å². The van der Waals surface area contributed by atoms with Gasteiger partial charge in [0.1, 0.15) is 0 Å². The minimum Gasteiger partial charge on any atom is -0.340 e. The van der Waals surface area contributed by atoms with Crippen molar-refractivity contribution in [2.45, 2.75) is 103 Å². The molecular formula is C44H45NO4. The fraction of sp³-hybridized carbons (Fsp3) is 0.364. The van der Waals surface area contributed by atoms with Crippen LogP contribution in [0.4, 0.5) is 0 Å². The molecule has 0 aliphatic rings. The average molecular weight is 652 g/mol. The maximum atomic E-state index is 14.5. The van der Waals surface area contributed by atoms with Crippen molar-refractivity contribution in [2.75, 3.05) is 0 Å². The van der Waals surface area contributed by atoms with Crippen molar-refractivity contribution in [1.29, 1.82) is 0 Å². The van der Waals surface area contributed by atoms with Gasteiger partial charge in [-0.05, 0) is 12.5 Å². The Balaban J connectivity index is 1.27. The van der Waals surface area contributed by atoms with Crippen LogP contribution in [0.2, 0.25) is 0 Å². The highest BCUT2D eigenvalue weighted by Crippen LogP contribution is 2.38. The van der Waals surface area contributed by atoms with Crippen LogP contribution in [0.25, 0.3) is 64.9 Å². The van der Waals surface area contributed by atoms with Gasteiger partial charge in [-0.1, -0.05) is 157 Å². The summed E-state index contributed by atoms with van der Waals surface area (Å²) >= 11 is 0. The molecule has 0 saturated carbocycles. The molecule has 0 bridgehead atoms. The molecular weight excluding hydrogens is 606 g/mol. The lowest BCUT2D eigenvalue weighted by atomic mass is 9.91. The van der Waals surface area contributed by atoms with E-state index in [0.717, 1.165) is 30.2 Å². The molecule has 6 aromatic carbocycles. The molecule has 0 aliphatic heterocycles. The SMILES string of the molecule is CCCCCCCCCCCCCCCCn1c2ccccc2c2c3c(=O)c4ccccc4c(=O)c3c3c(=O)c4ccccc4c(=O)c3c21. The smallest absolute Gasteiger partial charge is 0.196 e. The van der Waals surface area contributed by atoms with Crippen molar-refractivity contribution in [3.8, 4) is 0 Å². The van der Waals surface area contributed by atoms with E-state index in [9.17, 15) is 19.2 Å². The number of benzene rings is 6. The van der Waals surface area contributed by atoms with Crippen molar-refractivity contribution in [2.24, 2.45) is 0 Å². The minimum absolute atomic E-state index is 0.0680. The third-order valence-electron chi connectivity index (χ3n) is 10.7. The number of unbranched alkanes of at least 4 members (excludes halogenated alkanes) is 13. The van der Waals surface area contributed by atoms with Crippen LogP contribution in [0.1, 0.15) is 96.8 Å². The zero-order valence-corrected chi connectivity index (χ0v) is 28.6. The number of aryl methyl sites for hydroxylation is 1. The first-order valence-corrected chi connectivity index (χ1v) is 18.5. The van der Waals surface area contributed by atoms with Crippen LogP contribution in [0.5, 0.6) is 0 Å². The van der Waals surface area contributed by atoms with Gasteiger partial charge in [-0.25, -0.2) is 0 Å². The Bertz CT molecular complexity index is 2530. The lowest BCUT2D eigenvalue weighted by Gasteiger charge is -2.12. The number of aromatic nitrogens is 1. The average Bonchev–Trinajstić information content (AvgIpc) is 3.46. The van der Waals surface area contributed by atoms with Crippen LogP contribution in [0.3, 0.4) is 0 Å². The van der Waals surface area contributed by atoms with Gasteiger partial charge in [-0.3, -0.25) is 19.2 Å². The minimum atomic E-state index is -0.382. The summed E-state index contributed by atoms with van der Waals surface area (Å²) < 4.78 is 2.14. The van der Waals surface area contributed by atoms with Gasteiger partial charge in [-0.15, -0.1) is 0 Å². The fourth-order valence-electron chi connectivity index (χ4n) is 8.21. The molecule has 0 unspecified atom stereocenters. The molecule has 0 atom stereocenters. The molecule has 5 heteroatoms. The molecule has 0 amide bonds. The molecule has 0 radical (unpaired) electrons. The third kappa shape index (κ3) is 5.88. The number of fused-ring (bicyclic) bond motifs is 10. The monoisotopic (exact) mass is 651 g/mol. The highest BCUT2D eigenvalue weighted by Gasteiger charge is 2.26. The van der Waals surface area contributed by atoms with E-state index < -0.39 is 0 Å². The summed E-state index contributed by atoms with van der Waals surface area (Å²) in [7, 11) is 0. The van der Waals surface area contributed by atoms with Gasteiger partial charge in [0.25, 0.3) is 0 Å². The van der Waals surface area contributed by atoms with Crippen LogP contribution < -0.4 is 21.7 Å². The number of nitrogens with zero attached hydrogens (tertiary/aromatic N) is 1. The van der Waals surface area contributed by atoms with Gasteiger partial charge in [0.15, 0.2) is 21.7 Å². The van der Waals surface area contributed by atoms with Crippen LogP contribution >= 0.6 is 0 Å². The molecule has 5 nitrogen and oxygen atoms in total. The first kappa shape index (κ1) is 32.9. The molecule has 0 spiro atoms. The van der Waals surface area contributed by atoms with Gasteiger partial charge in [-0.2, -0.15) is 0 Å². The van der Waals surface area contributed by atoms with Crippen molar-refractivity contribution in [1.82, 2.24) is 4.57 Å². The summed E-state index contributed by atoms with van der Waals surface area (Å²) in [4.78, 5) is 57.4. The van der Waals surface area contributed by atoms with Crippen molar-refractivity contribution >= 4 is 64.9 Å². The summed E-state index contributed by atoms with van der Waals surface area (Å²) in [6, 6.07) is 21.5. The second kappa shape index (κ2) is 14.5. The predicted octanol–water partition coefficient (Wildman–Crippen LogP) is 10.2. The second-order valence-corrected chi connectivity index (χ2v) is 13.9. The van der Waals surface area contributed by atoms with Crippen LogP contribution in [0, 0.1) is 0 Å². The first-order valence-electron chi connectivity index (χ1n) is 18.5. The maximum Gasteiger partial charge on any atom is 0.196 e. The van der Waals surface area contributed by atoms with E-state index in [-0.39, 0.29) is 54.0 Å². The molecule has 7 rings (SSSR count). The molecule has 0 saturated heterocycles. The van der Waals surface area contributed by atoms with Gasteiger partial charge >= 0.3 is 0 Å². The van der Waals surface area contributed by atoms with E-state index >= 15 is 0 Å². The molecule has 1 heterocycles. The topological polar surface area (TPSA) is 73.2 Å². The predicted molar refractivity (Wildman–Crippen MR) is 207 cm³/mol. The van der Waals surface area contributed by atoms with E-state index in [1.165, 1.54) is 70.6 Å². The summed E-state index contributed by atoms with van der Waals surface area (Å²) in [6.07, 6.45) is 17.7. The quantitative estimate of drug-likeness (QED) is 0.0628. The van der Waals surface area contributed by atoms with Crippen molar-refractivity contribution in [3.05, 3.63) is 114 Å². The zero-order valence-electron chi connectivity index (χ0n) is 28.6. The number of para-hydroxylation sites is 1. The van der Waals surface area contributed by atoms with Crippen LogP contribution in [-0.2, 0) is 6.54 Å². The second-order valence-electron chi connectivity index (χ2n) is 13.9. The number of hydrogen-bond acceptors (Lipinski definition) is 4. The summed E-state index contributed by atoms with van der Waals surface area (Å²) in [5.74, 6) is 0. The largest absolute Gasteiger partial charge is 0.340 e. The summed E-state index contributed by atoms with van der Waals surface area (Å²) in [5.41, 5.74) is 0.183. The zero-order chi connectivity index (χ0) is 33.9. The van der Waals surface area contributed by atoms with E-state index in [0.29, 0.717) is 28.2 Å². The fourth-order valence-corrected chi connectivity index (χ4v) is 8.21. The molecule has 250 valence electrons. The van der Waals surface area contributed by atoms with E-state index in [2.05, 4.69) is 11.5 Å². The lowest BCUT2D eigenvalue weighted by Crippen LogP contribution is -2.20. The Labute approximate surface area is 285 Å². The normalized spacial score (nSPS) is 12.1. The Morgan fingerprint density at radius 3 is 1.20 bits per heavy atom. The third-order valence-corrected chi connectivity index (χ3v) is 10.7. The van der Waals surface area contributed by atoms with Gasteiger partial charge in [0.05, 0.1) is 10.9 Å². The molecule has 7 aromatic rings. The van der Waals surface area contributed by atoms with Gasteiger partial charge in [0.2, 0.25) is 0 Å². The molecule has 0 aliphatic carbocycles. The van der Waals surface area contributed by atoms with Gasteiger partial charge in [0, 0.05) is 60.5 Å². The van der Waals surface area contributed by atoms with Crippen molar-refractivity contribution in [3.63, 3.8) is 0 Å². The molecule has 0 fully saturated rings. The standard InChI is InChI=1S/C44H45NO4/c1-2-3-4-5-6-7-8-9-10-11-12-13-14-21-28-45-34-27-20-19-26-33(34)35-36-37(42(47)30-23-16-15-22-29(30)41(36)46)38-39(40(35)45)44(49)32-25-18-17-24-31(32)43(38)48/h15-20,22-27H,2-14,21,28H2,1H3. The van der Waals surface area contributed by atoms with E-state index in [1.54, 1.807) is 48.5 Å². The van der Waals surface area contributed by atoms with Gasteiger partial charge < -0.3 is 4.57 Å². The highest BCUT2D eigenvalue weighted by atomic mass is 16.1. The lowest BCUT2D eigenvalue weighted by molar-refractivity contribution is 0.528. The molecule has 49 heavy (non-hydrogen) atoms. The summed E-state index contributed by atoms with van der Waals surface area (Å²) in [6.45, 7) is 2.91. The Morgan fingerprint density at radius 2 is 0.735 bits per heavy atom. The Hall–Kier alpha value is -4.64. The Morgan fingerprint density at radius 1 is 0.388 bits per heavy atom. The number of rotatable bonds is 15. The number of hydrogen-bond donors (Lipinski definition) is 0. The molecule has 1 aromatic heterocycles. The van der Waals surface area contributed by atoms with E-state index in [1.807, 2.05) is 24.3 Å². The summed E-state index contributed by atoms with van der Waals surface area (Å²) in [5, 5.41) is 3.27. The Kier molecular flexibility index (Phi) is 9.70. The van der Waals surface area contributed by atoms with E-state index in [4.69, 9.17) is 0 Å².